The highest BCUT2D eigenvalue weighted by Gasteiger charge is 2.37. The monoisotopic (exact) mass is 875 g/mol. The molecule has 7 aromatic rings. The van der Waals surface area contributed by atoms with Crippen molar-refractivity contribution < 1.29 is 64.6 Å². The van der Waals surface area contributed by atoms with Gasteiger partial charge >= 0.3 is 18.7 Å². The normalized spacial score (nSPS) is 14.1. The summed E-state index contributed by atoms with van der Waals surface area (Å²) in [7, 11) is 1.85. The number of hydrogen-bond donors (Lipinski definition) is 2. The van der Waals surface area contributed by atoms with E-state index in [1.165, 1.54) is 36.4 Å². The zero-order valence-corrected chi connectivity index (χ0v) is 33.9. The van der Waals surface area contributed by atoms with Crippen LogP contribution in [0.4, 0.5) is 26.3 Å². The number of para-hydroxylation sites is 2. The lowest BCUT2D eigenvalue weighted by Gasteiger charge is -2.14. The second-order valence-electron chi connectivity index (χ2n) is 15.4. The van der Waals surface area contributed by atoms with E-state index in [-0.39, 0.29) is 59.1 Å². The van der Waals surface area contributed by atoms with Gasteiger partial charge in [0.2, 0.25) is 0 Å². The third kappa shape index (κ3) is 9.23. The predicted octanol–water partition coefficient (Wildman–Crippen LogP) is 11.8. The lowest BCUT2D eigenvalue weighted by Crippen LogP contribution is -2.17. The zero-order valence-electron chi connectivity index (χ0n) is 33.9. The van der Waals surface area contributed by atoms with Crippen LogP contribution in [0.3, 0.4) is 0 Å². The molecule has 0 amide bonds. The molecule has 0 saturated heterocycles. The van der Waals surface area contributed by atoms with Gasteiger partial charge in [0.1, 0.15) is 46.8 Å². The van der Waals surface area contributed by atoms with Crippen molar-refractivity contribution in [3.8, 4) is 50.9 Å². The molecule has 2 N–H and O–H groups in total. The Hall–Kier alpha value is -6.75. The molecule has 3 heterocycles. The van der Waals surface area contributed by atoms with Crippen LogP contribution in [0.1, 0.15) is 81.8 Å². The van der Waals surface area contributed by atoms with E-state index < -0.39 is 18.7 Å². The fourth-order valence-electron chi connectivity index (χ4n) is 7.65. The number of carboxylic acid groups (broad SMARTS) is 1. The number of benzene rings is 4. The molecule has 4 aromatic carbocycles. The smallest absolute Gasteiger partial charge is 0.489 e. The van der Waals surface area contributed by atoms with Crippen molar-refractivity contribution in [3.63, 3.8) is 0 Å². The molecule has 0 bridgehead atoms. The number of aliphatic hydroxyl groups excluding tert-OH is 1. The van der Waals surface area contributed by atoms with E-state index in [2.05, 4.69) is 19.8 Å². The number of carbonyl (C=O) groups is 1. The Kier molecular flexibility index (Phi) is 11.5. The van der Waals surface area contributed by atoms with Crippen molar-refractivity contribution in [1.82, 2.24) is 14.9 Å². The van der Waals surface area contributed by atoms with Gasteiger partial charge in [0.25, 0.3) is 0 Å². The van der Waals surface area contributed by atoms with Crippen molar-refractivity contribution in [2.75, 3.05) is 0 Å². The highest BCUT2D eigenvalue weighted by Crippen LogP contribution is 2.47. The van der Waals surface area contributed by atoms with Crippen LogP contribution in [0.5, 0.6) is 17.2 Å². The lowest BCUT2D eigenvalue weighted by atomic mass is 9.98. The average Bonchev–Trinajstić information content (AvgIpc) is 4.16. The molecule has 0 atom stereocenters. The average molecular weight is 876 g/mol. The Morgan fingerprint density at radius 1 is 0.746 bits per heavy atom. The van der Waals surface area contributed by atoms with E-state index in [0.717, 1.165) is 47.9 Å². The van der Waals surface area contributed by atoms with Gasteiger partial charge in [0, 0.05) is 52.2 Å². The van der Waals surface area contributed by atoms with E-state index in [1.807, 2.05) is 54.9 Å². The topological polar surface area (TPSA) is 142 Å². The molecule has 0 spiro atoms. The first kappa shape index (κ1) is 42.9. The van der Waals surface area contributed by atoms with Crippen molar-refractivity contribution >= 4 is 16.9 Å². The van der Waals surface area contributed by atoms with Crippen LogP contribution in [-0.4, -0.2) is 43.8 Å². The molecule has 0 radical (unpaired) electrons. The number of carboxylic acids is 1. The maximum Gasteiger partial charge on any atom is 0.573 e. The highest BCUT2D eigenvalue weighted by atomic mass is 19.4. The molecule has 63 heavy (non-hydrogen) atoms. The fraction of sp³-hybridized carbons (Fsp3) is 0.283. The largest absolute Gasteiger partial charge is 0.573 e. The molecule has 328 valence electrons. The minimum absolute atomic E-state index is 0.0519. The second kappa shape index (κ2) is 16.8. The van der Waals surface area contributed by atoms with Gasteiger partial charge in [-0.3, -0.25) is 0 Å². The Morgan fingerprint density at radius 2 is 1.29 bits per heavy atom. The molecular weight excluding hydrogens is 837 g/mol. The molecule has 2 fully saturated rings. The van der Waals surface area contributed by atoms with Gasteiger partial charge in [0.05, 0.1) is 17.7 Å². The van der Waals surface area contributed by atoms with Crippen molar-refractivity contribution in [2.45, 2.75) is 77.3 Å². The lowest BCUT2D eigenvalue weighted by molar-refractivity contribution is -0.275. The number of ether oxygens (including phenoxy) is 3. The van der Waals surface area contributed by atoms with Crippen LogP contribution in [0.25, 0.3) is 44.5 Å². The molecule has 9 rings (SSSR count). The van der Waals surface area contributed by atoms with Gasteiger partial charge in [0.15, 0.2) is 0 Å². The SMILES string of the molecule is Cc1cc(OCc2c(-c3ccccc3OC(F)(F)F)noc2C2CC2)ccc1-c1ccc2c(C(=O)O)c(C)n(C)c2c1.OCc1c(-c2ccccc2OC(F)(F)F)noc1C1CC1. The summed E-state index contributed by atoms with van der Waals surface area (Å²) in [6, 6.07) is 22.9. The van der Waals surface area contributed by atoms with E-state index in [0.29, 0.717) is 45.0 Å². The second-order valence-corrected chi connectivity index (χ2v) is 15.4. The molecule has 2 aliphatic rings. The predicted molar refractivity (Wildman–Crippen MR) is 216 cm³/mol. The number of aromatic nitrogens is 3. The van der Waals surface area contributed by atoms with Crippen LogP contribution < -0.4 is 14.2 Å². The molecule has 2 saturated carbocycles. The summed E-state index contributed by atoms with van der Waals surface area (Å²) in [6.45, 7) is 3.45. The summed E-state index contributed by atoms with van der Waals surface area (Å²) < 4.78 is 104. The Morgan fingerprint density at radius 3 is 1.79 bits per heavy atom. The number of rotatable bonds is 12. The number of aryl methyl sites for hydroxylation is 2. The van der Waals surface area contributed by atoms with Crippen LogP contribution in [0.2, 0.25) is 0 Å². The molecule has 3 aromatic heterocycles. The summed E-state index contributed by atoms with van der Waals surface area (Å²) in [4.78, 5) is 11.8. The van der Waals surface area contributed by atoms with E-state index in [4.69, 9.17) is 13.8 Å². The summed E-state index contributed by atoms with van der Waals surface area (Å²) in [5.74, 6) is 0.417. The molecule has 0 unspecified atom stereocenters. The Bertz CT molecular complexity index is 2820. The van der Waals surface area contributed by atoms with E-state index >= 15 is 0 Å². The molecule has 11 nitrogen and oxygen atoms in total. The van der Waals surface area contributed by atoms with Crippen molar-refractivity contribution in [2.24, 2.45) is 7.05 Å². The Labute approximate surface area is 355 Å². The standard InChI is InChI=1S/C32H27F3N2O5.C14H12F3NO3/c1-17-14-21(11-13-22(17)20-10-12-23-26(15-20)37(3)18(2)28(23)31(38)39)40-16-25-29(36-42-30(25)19-8-9-19)24-6-4-5-7-27(24)41-32(33,34)35;15-14(16,17)20-11-4-2-1-3-9(11)12-10(7-19)13(21-18-12)8-5-6-8/h4-7,10-15,19H,8-9,16H2,1-3H3,(H,38,39);1-4,8,19H,5-7H2. The Balaban J connectivity index is 0.000000217. The van der Waals surface area contributed by atoms with Crippen LogP contribution in [-0.2, 0) is 20.3 Å². The molecule has 17 heteroatoms. The maximum atomic E-state index is 13.1. The number of halogens is 6. The highest BCUT2D eigenvalue weighted by molar-refractivity contribution is 6.06. The number of alkyl halides is 6. The third-order valence-electron chi connectivity index (χ3n) is 11.0. The number of hydrogen-bond acceptors (Lipinski definition) is 9. The van der Waals surface area contributed by atoms with Crippen LogP contribution in [0, 0.1) is 13.8 Å². The van der Waals surface area contributed by atoms with Crippen molar-refractivity contribution in [3.05, 3.63) is 124 Å². The van der Waals surface area contributed by atoms with Gasteiger partial charge in [-0.05, 0) is 98.7 Å². The quantitative estimate of drug-likeness (QED) is 0.114. The van der Waals surface area contributed by atoms with Gasteiger partial charge < -0.3 is 38.0 Å². The summed E-state index contributed by atoms with van der Waals surface area (Å²) in [6.07, 6.45) is -5.95. The van der Waals surface area contributed by atoms with E-state index in [9.17, 15) is 41.4 Å². The molecular formula is C46H39F6N3O8. The van der Waals surface area contributed by atoms with E-state index in [1.54, 1.807) is 19.1 Å². The van der Waals surface area contributed by atoms with Gasteiger partial charge in [-0.2, -0.15) is 0 Å². The number of nitrogens with zero attached hydrogens (tertiary/aromatic N) is 3. The fourth-order valence-corrected chi connectivity index (χ4v) is 7.65. The number of fused-ring (bicyclic) bond motifs is 1. The first-order valence-electron chi connectivity index (χ1n) is 19.9. The summed E-state index contributed by atoms with van der Waals surface area (Å²) >= 11 is 0. The molecule has 0 aliphatic heterocycles. The number of aliphatic hydroxyl groups is 1. The maximum absolute atomic E-state index is 13.1. The minimum atomic E-state index is -4.85. The van der Waals surface area contributed by atoms with Gasteiger partial charge in [-0.25, -0.2) is 4.79 Å². The third-order valence-corrected chi connectivity index (χ3v) is 11.0. The summed E-state index contributed by atoms with van der Waals surface area (Å²) in [5, 5.41) is 27.8. The number of aromatic carboxylic acids is 1. The minimum Gasteiger partial charge on any atom is -0.489 e. The first-order valence-corrected chi connectivity index (χ1v) is 19.9. The first-order chi connectivity index (χ1) is 30.0. The summed E-state index contributed by atoms with van der Waals surface area (Å²) in [5.41, 5.74) is 6.43. The van der Waals surface area contributed by atoms with Crippen LogP contribution in [0.15, 0.2) is 94.0 Å². The van der Waals surface area contributed by atoms with Gasteiger partial charge in [-0.15, -0.1) is 26.3 Å². The van der Waals surface area contributed by atoms with Gasteiger partial charge in [-0.1, -0.05) is 52.8 Å². The molecule has 2 aliphatic carbocycles. The van der Waals surface area contributed by atoms with Crippen molar-refractivity contribution in [1.29, 1.82) is 0 Å². The van der Waals surface area contributed by atoms with Crippen LogP contribution >= 0.6 is 0 Å². The zero-order chi connectivity index (χ0) is 44.8.